The maximum absolute atomic E-state index is 12.0. The van der Waals surface area contributed by atoms with Crippen molar-refractivity contribution in [1.82, 2.24) is 5.43 Å². The number of amides is 1. The van der Waals surface area contributed by atoms with Crippen LogP contribution >= 0.6 is 0 Å². The van der Waals surface area contributed by atoms with Crippen LogP contribution in [-0.2, 0) is 15.6 Å². The molecule has 0 radical (unpaired) electrons. The zero-order valence-electron chi connectivity index (χ0n) is 18.7. The number of nitro groups is 1. The van der Waals surface area contributed by atoms with E-state index < -0.39 is 10.8 Å². The number of phenols is 1. The second-order valence-electron chi connectivity index (χ2n) is 9.29. The van der Waals surface area contributed by atoms with Crippen molar-refractivity contribution in [1.29, 1.82) is 0 Å². The number of ether oxygens (including phenoxy) is 1. The van der Waals surface area contributed by atoms with Gasteiger partial charge in [0.25, 0.3) is 11.6 Å². The van der Waals surface area contributed by atoms with Crippen LogP contribution in [0.15, 0.2) is 41.5 Å². The molecule has 0 heterocycles. The van der Waals surface area contributed by atoms with Gasteiger partial charge in [-0.3, -0.25) is 14.9 Å². The van der Waals surface area contributed by atoms with Crippen LogP contribution in [0, 0.1) is 10.1 Å². The molecule has 31 heavy (non-hydrogen) atoms. The molecule has 8 nitrogen and oxygen atoms in total. The van der Waals surface area contributed by atoms with Gasteiger partial charge >= 0.3 is 0 Å². The first-order valence-corrected chi connectivity index (χ1v) is 9.86. The van der Waals surface area contributed by atoms with Crippen LogP contribution in [0.1, 0.15) is 58.2 Å². The Labute approximate surface area is 182 Å². The minimum atomic E-state index is -0.514. The van der Waals surface area contributed by atoms with E-state index in [2.05, 4.69) is 31.3 Å². The van der Waals surface area contributed by atoms with Gasteiger partial charge in [-0.15, -0.1) is 0 Å². The van der Waals surface area contributed by atoms with Crippen LogP contribution in [0.2, 0.25) is 0 Å². The van der Waals surface area contributed by atoms with E-state index in [0.29, 0.717) is 11.3 Å². The summed E-state index contributed by atoms with van der Waals surface area (Å²) >= 11 is 0. The predicted molar refractivity (Wildman–Crippen MR) is 120 cm³/mol. The van der Waals surface area contributed by atoms with Gasteiger partial charge in [0.2, 0.25) is 0 Å². The highest BCUT2D eigenvalue weighted by molar-refractivity contribution is 5.86. The maximum Gasteiger partial charge on any atom is 0.277 e. The monoisotopic (exact) mass is 427 g/mol. The first-order valence-electron chi connectivity index (χ1n) is 9.86. The van der Waals surface area contributed by atoms with E-state index in [1.807, 2.05) is 32.9 Å². The highest BCUT2D eigenvalue weighted by atomic mass is 16.6. The van der Waals surface area contributed by atoms with Crippen molar-refractivity contribution in [2.45, 2.75) is 52.4 Å². The maximum atomic E-state index is 12.0. The average Bonchev–Trinajstić information content (AvgIpc) is 2.66. The molecule has 2 rings (SSSR count). The number of phenolic OH excluding ortho intramolecular Hbond substituents is 1. The summed E-state index contributed by atoms with van der Waals surface area (Å²) in [5.74, 6) is -0.0483. The Hall–Kier alpha value is -3.42. The number of nitrogens with zero attached hydrogens (tertiary/aromatic N) is 2. The molecule has 1 amide bonds. The summed E-state index contributed by atoms with van der Waals surface area (Å²) in [5.41, 5.74) is 4.26. The third kappa shape index (κ3) is 6.53. The second kappa shape index (κ2) is 9.16. The van der Waals surface area contributed by atoms with E-state index in [0.717, 1.165) is 11.1 Å². The summed E-state index contributed by atoms with van der Waals surface area (Å²) < 4.78 is 5.30. The number of nitrogens with one attached hydrogen (secondary N) is 1. The van der Waals surface area contributed by atoms with Crippen molar-refractivity contribution < 1.29 is 19.6 Å². The number of hydrazone groups is 1. The van der Waals surface area contributed by atoms with Gasteiger partial charge in [0.1, 0.15) is 11.5 Å². The van der Waals surface area contributed by atoms with E-state index >= 15 is 0 Å². The third-order valence-electron chi connectivity index (χ3n) is 4.62. The van der Waals surface area contributed by atoms with Gasteiger partial charge in [-0.1, -0.05) is 47.6 Å². The molecule has 2 aromatic rings. The molecule has 0 aromatic heterocycles. The largest absolute Gasteiger partial charge is 0.507 e. The summed E-state index contributed by atoms with van der Waals surface area (Å²) in [5, 5.41) is 25.3. The normalized spacial score (nSPS) is 12.1. The molecule has 0 aliphatic carbocycles. The molecule has 0 atom stereocenters. The van der Waals surface area contributed by atoms with Crippen LogP contribution in [0.25, 0.3) is 0 Å². The highest BCUT2D eigenvalue weighted by Gasteiger charge is 2.24. The average molecular weight is 428 g/mol. The number of carbonyl (C=O) groups excluding carboxylic acids is 1. The summed E-state index contributed by atoms with van der Waals surface area (Å²) in [6, 6.07) is 9.28. The number of benzene rings is 2. The van der Waals surface area contributed by atoms with Crippen LogP contribution in [-0.4, -0.2) is 28.8 Å². The molecular weight excluding hydrogens is 398 g/mol. The molecule has 166 valence electrons. The predicted octanol–water partition coefficient (Wildman–Crippen LogP) is 4.42. The van der Waals surface area contributed by atoms with Crippen LogP contribution in [0.5, 0.6) is 11.5 Å². The minimum absolute atomic E-state index is 0.0617. The van der Waals surface area contributed by atoms with Crippen molar-refractivity contribution in [3.05, 3.63) is 63.2 Å². The van der Waals surface area contributed by atoms with Crippen LogP contribution in [0.3, 0.4) is 0 Å². The Bertz CT molecular complexity index is 984. The van der Waals surface area contributed by atoms with Crippen molar-refractivity contribution in [2.24, 2.45) is 5.10 Å². The number of aromatic hydroxyl groups is 1. The Kier molecular flexibility index (Phi) is 7.05. The first kappa shape index (κ1) is 23.9. The fourth-order valence-electron chi connectivity index (χ4n) is 2.78. The zero-order valence-corrected chi connectivity index (χ0v) is 18.7. The quantitative estimate of drug-likeness (QED) is 0.402. The summed E-state index contributed by atoms with van der Waals surface area (Å²) in [6.45, 7) is 12.0. The Morgan fingerprint density at radius 2 is 1.74 bits per heavy atom. The molecule has 0 bridgehead atoms. The smallest absolute Gasteiger partial charge is 0.277 e. The molecule has 0 unspecified atom stereocenters. The van der Waals surface area contributed by atoms with E-state index in [9.17, 15) is 20.0 Å². The number of hydrogen-bond acceptors (Lipinski definition) is 6. The third-order valence-corrected chi connectivity index (χ3v) is 4.62. The Morgan fingerprint density at radius 3 is 2.26 bits per heavy atom. The molecular formula is C23H29N3O5. The van der Waals surface area contributed by atoms with Gasteiger partial charge in [-0.25, -0.2) is 5.43 Å². The lowest BCUT2D eigenvalue weighted by Gasteiger charge is -2.26. The van der Waals surface area contributed by atoms with Gasteiger partial charge in [-0.05, 0) is 34.6 Å². The fourth-order valence-corrected chi connectivity index (χ4v) is 2.78. The van der Waals surface area contributed by atoms with Crippen molar-refractivity contribution in [3.8, 4) is 11.5 Å². The van der Waals surface area contributed by atoms with Gasteiger partial charge in [0, 0.05) is 23.3 Å². The lowest BCUT2D eigenvalue weighted by Crippen LogP contribution is -2.24. The molecule has 0 aliphatic heterocycles. The van der Waals surface area contributed by atoms with Gasteiger partial charge in [-0.2, -0.15) is 5.10 Å². The van der Waals surface area contributed by atoms with E-state index in [1.54, 1.807) is 0 Å². The number of rotatable bonds is 6. The molecule has 0 fully saturated rings. The van der Waals surface area contributed by atoms with Crippen LogP contribution < -0.4 is 10.2 Å². The minimum Gasteiger partial charge on any atom is -0.507 e. The summed E-state index contributed by atoms with van der Waals surface area (Å²) in [4.78, 5) is 22.1. The topological polar surface area (TPSA) is 114 Å². The molecule has 2 aromatic carbocycles. The van der Waals surface area contributed by atoms with Crippen molar-refractivity contribution >= 4 is 17.8 Å². The molecule has 2 N–H and O–H groups in total. The van der Waals surface area contributed by atoms with E-state index in [-0.39, 0.29) is 28.9 Å². The van der Waals surface area contributed by atoms with E-state index in [4.69, 9.17) is 4.74 Å². The number of nitro benzene ring substituents is 1. The molecule has 0 spiro atoms. The SMILES string of the molecule is CC(C)(C)c1cc(/C=N/NC(=O)COc2ccc([N+](=O)[O-])cc2)c(O)c(C(C)(C)C)c1. The molecule has 0 saturated heterocycles. The number of carbonyl (C=O) groups is 1. The number of non-ortho nitro benzene ring substituents is 1. The first-order chi connectivity index (χ1) is 14.3. The van der Waals surface area contributed by atoms with Crippen molar-refractivity contribution in [2.75, 3.05) is 6.61 Å². The molecule has 8 heteroatoms. The second-order valence-corrected chi connectivity index (χ2v) is 9.29. The Balaban J connectivity index is 2.09. The van der Waals surface area contributed by atoms with Gasteiger partial charge in [0.15, 0.2) is 6.61 Å². The Morgan fingerprint density at radius 1 is 1.13 bits per heavy atom. The summed E-state index contributed by atoms with van der Waals surface area (Å²) in [6.07, 6.45) is 1.41. The van der Waals surface area contributed by atoms with Gasteiger partial charge < -0.3 is 9.84 Å². The summed E-state index contributed by atoms with van der Waals surface area (Å²) in [7, 11) is 0. The van der Waals surface area contributed by atoms with Gasteiger partial charge in [0.05, 0.1) is 11.1 Å². The molecule has 0 aliphatic rings. The van der Waals surface area contributed by atoms with Crippen LogP contribution in [0.4, 0.5) is 5.69 Å². The van der Waals surface area contributed by atoms with E-state index in [1.165, 1.54) is 30.5 Å². The fraction of sp³-hybridized carbons (Fsp3) is 0.391. The van der Waals surface area contributed by atoms with Crippen molar-refractivity contribution in [3.63, 3.8) is 0 Å². The lowest BCUT2D eigenvalue weighted by molar-refractivity contribution is -0.384. The zero-order chi connectivity index (χ0) is 23.4. The number of hydrogen-bond donors (Lipinski definition) is 2. The lowest BCUT2D eigenvalue weighted by atomic mass is 9.79. The molecule has 0 saturated carbocycles. The highest BCUT2D eigenvalue weighted by Crippen LogP contribution is 2.37. The standard InChI is InChI=1S/C23H29N3O5/c1-22(2,3)16-11-15(21(28)19(12-16)23(4,5)6)13-24-25-20(27)14-31-18-9-7-17(8-10-18)26(29)30/h7-13,28H,14H2,1-6H3,(H,25,27)/b24-13+.